The molecule has 0 unspecified atom stereocenters. The molecule has 0 aromatic carbocycles. The second-order valence-electron chi connectivity index (χ2n) is 8.03. The molecule has 37 heavy (non-hydrogen) atoms. The zero-order valence-corrected chi connectivity index (χ0v) is 25.1. The van der Waals surface area contributed by atoms with Crippen LogP contribution in [0.5, 0.6) is 0 Å². The van der Waals surface area contributed by atoms with Gasteiger partial charge in [-0.15, -0.1) is 56.7 Å². The lowest BCUT2D eigenvalue weighted by atomic mass is 10.2. The third kappa shape index (κ3) is 5.70. The minimum absolute atomic E-state index is 0.618. The molecule has 5 rings (SSSR count). The number of hydrogen-bond donors (Lipinski definition) is 0. The number of rotatable bonds is 6. The Morgan fingerprint density at radius 3 is 1.43 bits per heavy atom. The summed E-state index contributed by atoms with van der Waals surface area (Å²) in [6.45, 7) is 4.21. The van der Waals surface area contributed by atoms with Gasteiger partial charge in [0.25, 0.3) is 0 Å². The molecule has 2 nitrogen and oxygen atoms in total. The van der Waals surface area contributed by atoms with Crippen LogP contribution >= 0.6 is 79.9 Å². The van der Waals surface area contributed by atoms with E-state index < -0.39 is 0 Å². The van der Waals surface area contributed by atoms with Crippen molar-refractivity contribution >= 4 is 103 Å². The third-order valence-corrected chi connectivity index (χ3v) is 11.8. The van der Waals surface area contributed by atoms with Gasteiger partial charge >= 0.3 is 0 Å². The molecule has 0 aliphatic carbocycles. The van der Waals surface area contributed by atoms with E-state index in [1.165, 1.54) is 53.3 Å². The molecule has 182 valence electrons. The molecule has 0 N–H and O–H groups in total. The number of halogens is 2. The van der Waals surface area contributed by atoms with Gasteiger partial charge in [-0.1, -0.05) is 23.2 Å². The summed E-state index contributed by atoms with van der Waals surface area (Å²) in [7, 11) is 0. The van der Waals surface area contributed by atoms with E-state index in [1.54, 1.807) is 34.0 Å². The number of nitriles is 2. The minimum Gasteiger partial charge on any atom is -0.192 e. The standard InChI is InChI=1S/C28H16Cl2N2S5/c1-15-9-19(11-17(13-31)21-5-7-25(29)36-21)33-27(15)23-3-4-24(35-23)28-16(2)10-20(34-28)12-18(14-32)22-6-8-26(30)37-22/h3-12H,1-2H3/b17-11+,18-12+. The Labute approximate surface area is 245 Å². The van der Waals surface area contributed by atoms with Crippen LogP contribution < -0.4 is 0 Å². The maximum Gasteiger partial charge on any atom is 0.101 e. The van der Waals surface area contributed by atoms with Gasteiger partial charge in [0, 0.05) is 39.0 Å². The second kappa shape index (κ2) is 11.1. The summed E-state index contributed by atoms with van der Waals surface area (Å²) >= 11 is 20.1. The summed E-state index contributed by atoms with van der Waals surface area (Å²) in [6, 6.07) is 20.6. The van der Waals surface area contributed by atoms with Crippen LogP contribution in [-0.2, 0) is 0 Å². The first-order valence-electron chi connectivity index (χ1n) is 10.9. The summed E-state index contributed by atoms with van der Waals surface area (Å²) in [5, 5.41) is 19.3. The van der Waals surface area contributed by atoms with E-state index >= 15 is 0 Å². The summed E-state index contributed by atoms with van der Waals surface area (Å²) in [4.78, 5) is 8.65. The molecule has 0 saturated heterocycles. The molecule has 0 fully saturated rings. The van der Waals surface area contributed by atoms with Crippen molar-refractivity contribution in [2.24, 2.45) is 0 Å². The molecule has 0 atom stereocenters. The van der Waals surface area contributed by atoms with Crippen molar-refractivity contribution in [1.29, 1.82) is 10.5 Å². The highest BCUT2D eigenvalue weighted by atomic mass is 35.5. The Bertz CT molecular complexity index is 1630. The first-order chi connectivity index (χ1) is 17.8. The number of allylic oxidation sites excluding steroid dienone is 2. The van der Waals surface area contributed by atoms with Crippen molar-refractivity contribution < 1.29 is 0 Å². The van der Waals surface area contributed by atoms with E-state index in [1.807, 2.05) is 36.4 Å². The average Bonchev–Trinajstić information content (AvgIpc) is 3.69. The van der Waals surface area contributed by atoms with Gasteiger partial charge in [-0.05, 0) is 85.7 Å². The predicted octanol–water partition coefficient (Wildman–Crippen LogP) is 11.4. The summed E-state index contributed by atoms with van der Waals surface area (Å²) in [6.07, 6.45) is 3.88. The van der Waals surface area contributed by atoms with Gasteiger partial charge in [-0.3, -0.25) is 0 Å². The zero-order chi connectivity index (χ0) is 26.1. The predicted molar refractivity (Wildman–Crippen MR) is 166 cm³/mol. The molecular formula is C28H16Cl2N2S5. The Morgan fingerprint density at radius 2 is 1.08 bits per heavy atom. The fraction of sp³-hybridized carbons (Fsp3) is 0.0714. The summed E-state index contributed by atoms with van der Waals surface area (Å²) in [5.41, 5.74) is 3.61. The number of nitrogens with zero attached hydrogens (tertiary/aromatic N) is 2. The Kier molecular flexibility index (Phi) is 7.85. The zero-order valence-electron chi connectivity index (χ0n) is 19.5. The normalized spacial score (nSPS) is 12.1. The molecule has 0 amide bonds. The number of aryl methyl sites for hydroxylation is 2. The van der Waals surface area contributed by atoms with Gasteiger partial charge < -0.3 is 0 Å². The maximum absolute atomic E-state index is 9.66. The third-order valence-electron chi connectivity index (χ3n) is 5.42. The Hall–Kier alpha value is -2.46. The highest BCUT2D eigenvalue weighted by Crippen LogP contribution is 2.44. The topological polar surface area (TPSA) is 47.6 Å². The van der Waals surface area contributed by atoms with Gasteiger partial charge in [0.15, 0.2) is 0 Å². The quantitative estimate of drug-likeness (QED) is 0.179. The minimum atomic E-state index is 0.618. The largest absolute Gasteiger partial charge is 0.192 e. The average molecular weight is 612 g/mol. The molecule has 0 aliphatic rings. The molecule has 5 aromatic rings. The highest BCUT2D eigenvalue weighted by Gasteiger charge is 2.15. The van der Waals surface area contributed by atoms with Gasteiger partial charge in [-0.25, -0.2) is 0 Å². The lowest BCUT2D eigenvalue weighted by Gasteiger charge is -1.96. The number of thiophene rings is 5. The molecule has 0 bridgehead atoms. The first-order valence-corrected chi connectivity index (χ1v) is 15.7. The van der Waals surface area contributed by atoms with E-state index in [0.717, 1.165) is 19.5 Å². The molecule has 5 aromatic heterocycles. The smallest absolute Gasteiger partial charge is 0.101 e. The molecule has 0 radical (unpaired) electrons. The van der Waals surface area contributed by atoms with Crippen LogP contribution in [0.25, 0.3) is 42.8 Å². The van der Waals surface area contributed by atoms with Gasteiger partial charge in [0.2, 0.25) is 0 Å². The molecule has 0 spiro atoms. The van der Waals surface area contributed by atoms with Crippen molar-refractivity contribution in [1.82, 2.24) is 0 Å². The molecule has 5 heterocycles. The molecule has 0 saturated carbocycles. The Balaban J connectivity index is 1.43. The molecule has 0 aliphatic heterocycles. The van der Waals surface area contributed by atoms with Crippen LogP contribution in [0, 0.1) is 36.5 Å². The summed E-state index contributed by atoms with van der Waals surface area (Å²) in [5.74, 6) is 0. The van der Waals surface area contributed by atoms with Crippen LogP contribution in [0.3, 0.4) is 0 Å². The van der Waals surface area contributed by atoms with E-state index in [0.29, 0.717) is 19.8 Å². The Morgan fingerprint density at radius 1 is 0.649 bits per heavy atom. The van der Waals surface area contributed by atoms with Crippen LogP contribution in [-0.4, -0.2) is 0 Å². The fourth-order valence-electron chi connectivity index (χ4n) is 3.75. The van der Waals surface area contributed by atoms with E-state index in [9.17, 15) is 10.5 Å². The van der Waals surface area contributed by atoms with Crippen molar-refractivity contribution in [3.05, 3.63) is 87.8 Å². The SMILES string of the molecule is Cc1cc(/C=C(\C#N)c2ccc(Cl)s2)sc1-c1ccc(-c2sc(/C=C(\C#N)c3ccc(Cl)s3)cc2C)s1. The lowest BCUT2D eigenvalue weighted by molar-refractivity contribution is 1.54. The first kappa shape index (κ1) is 26.2. The number of hydrogen-bond acceptors (Lipinski definition) is 7. The fourth-order valence-corrected chi connectivity index (χ4v) is 9.35. The van der Waals surface area contributed by atoms with Gasteiger partial charge in [-0.2, -0.15) is 10.5 Å². The van der Waals surface area contributed by atoms with Gasteiger partial charge in [0.05, 0.1) is 19.8 Å². The maximum atomic E-state index is 9.66. The van der Waals surface area contributed by atoms with E-state index in [-0.39, 0.29) is 0 Å². The van der Waals surface area contributed by atoms with Crippen molar-refractivity contribution in [3.63, 3.8) is 0 Å². The van der Waals surface area contributed by atoms with E-state index in [2.05, 4.69) is 50.3 Å². The second-order valence-corrected chi connectivity index (χ2v) is 14.7. The van der Waals surface area contributed by atoms with Crippen LogP contribution in [0.4, 0.5) is 0 Å². The van der Waals surface area contributed by atoms with E-state index in [4.69, 9.17) is 23.2 Å². The molecule has 9 heteroatoms. The van der Waals surface area contributed by atoms with Gasteiger partial charge in [0.1, 0.15) is 12.1 Å². The van der Waals surface area contributed by atoms with Crippen LogP contribution in [0.2, 0.25) is 8.67 Å². The lowest BCUT2D eigenvalue weighted by Crippen LogP contribution is -1.73. The monoisotopic (exact) mass is 610 g/mol. The van der Waals surface area contributed by atoms with Crippen LogP contribution in [0.15, 0.2) is 48.5 Å². The summed E-state index contributed by atoms with van der Waals surface area (Å²) < 4.78 is 1.35. The van der Waals surface area contributed by atoms with Crippen molar-refractivity contribution in [2.75, 3.05) is 0 Å². The molecular weight excluding hydrogens is 596 g/mol. The van der Waals surface area contributed by atoms with Crippen molar-refractivity contribution in [3.8, 4) is 31.6 Å². The van der Waals surface area contributed by atoms with Crippen LogP contribution in [0.1, 0.15) is 30.6 Å². The highest BCUT2D eigenvalue weighted by molar-refractivity contribution is 7.27. The van der Waals surface area contributed by atoms with Crippen molar-refractivity contribution in [2.45, 2.75) is 13.8 Å².